The van der Waals surface area contributed by atoms with E-state index in [9.17, 15) is 4.79 Å². The van der Waals surface area contributed by atoms with Gasteiger partial charge in [-0.2, -0.15) is 0 Å². The molecule has 0 aliphatic carbocycles. The number of aliphatic imine (C=N–C) groups is 1. The van der Waals surface area contributed by atoms with Crippen molar-refractivity contribution in [1.29, 1.82) is 0 Å². The zero-order valence-corrected chi connectivity index (χ0v) is 12.5. The SMILES string of the molecule is CNC1N=C(C)c2cc(Br)c(=O)n(C(C)C)c2N1. The van der Waals surface area contributed by atoms with Crippen LogP contribution in [-0.4, -0.2) is 23.6 Å². The third kappa shape index (κ3) is 2.10. The first kappa shape index (κ1) is 13.3. The summed E-state index contributed by atoms with van der Waals surface area (Å²) in [6.45, 7) is 5.93. The highest BCUT2D eigenvalue weighted by molar-refractivity contribution is 9.10. The molecule has 0 aromatic carbocycles. The molecule has 1 aromatic heterocycles. The maximum Gasteiger partial charge on any atom is 0.266 e. The van der Waals surface area contributed by atoms with E-state index in [1.807, 2.05) is 33.9 Å². The van der Waals surface area contributed by atoms with Gasteiger partial charge in [0.1, 0.15) is 5.82 Å². The van der Waals surface area contributed by atoms with Gasteiger partial charge < -0.3 is 5.32 Å². The molecule has 1 unspecified atom stereocenters. The molecule has 6 heteroatoms. The van der Waals surface area contributed by atoms with Gasteiger partial charge in [0.05, 0.1) is 4.47 Å². The molecule has 98 valence electrons. The number of aromatic nitrogens is 1. The van der Waals surface area contributed by atoms with Gasteiger partial charge in [0, 0.05) is 17.3 Å². The molecule has 1 atom stereocenters. The van der Waals surface area contributed by atoms with E-state index in [-0.39, 0.29) is 17.9 Å². The fourth-order valence-electron chi connectivity index (χ4n) is 2.08. The molecule has 0 amide bonds. The molecule has 5 nitrogen and oxygen atoms in total. The predicted molar refractivity (Wildman–Crippen MR) is 77.5 cm³/mol. The normalized spacial score (nSPS) is 18.3. The van der Waals surface area contributed by atoms with Crippen LogP contribution in [0.25, 0.3) is 0 Å². The van der Waals surface area contributed by atoms with Crippen LogP contribution in [0.3, 0.4) is 0 Å². The Morgan fingerprint density at radius 2 is 2.22 bits per heavy atom. The molecule has 1 aliphatic heterocycles. The minimum absolute atomic E-state index is 0.0270. The van der Waals surface area contributed by atoms with Crippen LogP contribution >= 0.6 is 15.9 Å². The first-order chi connectivity index (χ1) is 8.45. The fraction of sp³-hybridized carbons (Fsp3) is 0.500. The van der Waals surface area contributed by atoms with Gasteiger partial charge >= 0.3 is 0 Å². The molecule has 0 saturated heterocycles. The smallest absolute Gasteiger partial charge is 0.266 e. The van der Waals surface area contributed by atoms with Gasteiger partial charge in [-0.05, 0) is 49.8 Å². The van der Waals surface area contributed by atoms with E-state index in [1.165, 1.54) is 0 Å². The van der Waals surface area contributed by atoms with E-state index in [0.29, 0.717) is 4.47 Å². The molecule has 1 aliphatic rings. The number of hydrogen-bond acceptors (Lipinski definition) is 4. The lowest BCUT2D eigenvalue weighted by Gasteiger charge is -2.28. The summed E-state index contributed by atoms with van der Waals surface area (Å²) in [5, 5.41) is 6.29. The highest BCUT2D eigenvalue weighted by atomic mass is 79.9. The number of nitrogens with zero attached hydrogens (tertiary/aromatic N) is 2. The second-order valence-electron chi connectivity index (χ2n) is 4.57. The summed E-state index contributed by atoms with van der Waals surface area (Å²) in [6, 6.07) is 1.91. The molecular weight excluding hydrogens is 296 g/mol. The van der Waals surface area contributed by atoms with E-state index < -0.39 is 0 Å². The van der Waals surface area contributed by atoms with Gasteiger partial charge in [-0.1, -0.05) is 0 Å². The van der Waals surface area contributed by atoms with Crippen molar-refractivity contribution in [2.75, 3.05) is 12.4 Å². The number of pyridine rings is 1. The molecule has 1 aromatic rings. The van der Waals surface area contributed by atoms with Gasteiger partial charge in [-0.3, -0.25) is 14.7 Å². The highest BCUT2D eigenvalue weighted by Crippen LogP contribution is 2.25. The molecule has 0 radical (unpaired) electrons. The third-order valence-corrected chi connectivity index (χ3v) is 3.53. The monoisotopic (exact) mass is 312 g/mol. The first-order valence-corrected chi connectivity index (χ1v) is 6.68. The summed E-state index contributed by atoms with van der Waals surface area (Å²) in [4.78, 5) is 16.7. The Bertz CT molecular complexity index is 562. The number of anilines is 1. The quantitative estimate of drug-likeness (QED) is 0.877. The van der Waals surface area contributed by atoms with Crippen LogP contribution in [0.5, 0.6) is 0 Å². The number of hydrogen-bond donors (Lipinski definition) is 2. The minimum Gasteiger partial charge on any atom is -0.337 e. The van der Waals surface area contributed by atoms with Crippen molar-refractivity contribution in [1.82, 2.24) is 9.88 Å². The zero-order chi connectivity index (χ0) is 13.4. The topological polar surface area (TPSA) is 58.4 Å². The van der Waals surface area contributed by atoms with Crippen LogP contribution in [0.2, 0.25) is 0 Å². The molecule has 2 N–H and O–H groups in total. The summed E-state index contributed by atoms with van der Waals surface area (Å²) in [5.74, 6) is 0.824. The molecule has 0 fully saturated rings. The summed E-state index contributed by atoms with van der Waals surface area (Å²) >= 11 is 3.32. The van der Waals surface area contributed by atoms with Crippen LogP contribution < -0.4 is 16.2 Å². The van der Waals surface area contributed by atoms with Crippen LogP contribution in [0.15, 0.2) is 20.3 Å². The summed E-state index contributed by atoms with van der Waals surface area (Å²) in [6.07, 6.45) is -0.192. The van der Waals surface area contributed by atoms with E-state index in [0.717, 1.165) is 17.1 Å². The van der Waals surface area contributed by atoms with E-state index in [4.69, 9.17) is 0 Å². The summed E-state index contributed by atoms with van der Waals surface area (Å²) in [5.41, 5.74) is 1.85. The Kier molecular flexibility index (Phi) is 3.59. The average Bonchev–Trinajstić information content (AvgIpc) is 2.31. The zero-order valence-electron chi connectivity index (χ0n) is 10.9. The number of nitrogens with one attached hydrogen (secondary N) is 2. The lowest BCUT2D eigenvalue weighted by molar-refractivity contribution is 0.562. The predicted octanol–water partition coefficient (Wildman–Crippen LogP) is 1.93. The van der Waals surface area contributed by atoms with Crippen molar-refractivity contribution in [2.45, 2.75) is 33.1 Å². The van der Waals surface area contributed by atoms with Crippen LogP contribution in [-0.2, 0) is 0 Å². The molecular formula is C12H17BrN4O. The Labute approximate surface area is 114 Å². The second kappa shape index (κ2) is 4.85. The summed E-state index contributed by atoms with van der Waals surface area (Å²) < 4.78 is 2.32. The van der Waals surface area contributed by atoms with Gasteiger partial charge in [0.15, 0.2) is 6.29 Å². The van der Waals surface area contributed by atoms with Crippen LogP contribution in [0.4, 0.5) is 5.82 Å². The minimum atomic E-state index is -0.192. The van der Waals surface area contributed by atoms with Crippen molar-refractivity contribution in [3.8, 4) is 0 Å². The van der Waals surface area contributed by atoms with Gasteiger partial charge in [0.25, 0.3) is 5.56 Å². The Balaban J connectivity index is 2.71. The van der Waals surface area contributed by atoms with Gasteiger partial charge in [-0.25, -0.2) is 4.99 Å². The average molecular weight is 313 g/mol. The van der Waals surface area contributed by atoms with Crippen LogP contribution in [0, 0.1) is 0 Å². The van der Waals surface area contributed by atoms with E-state index in [2.05, 4.69) is 31.6 Å². The Morgan fingerprint density at radius 3 is 2.78 bits per heavy atom. The number of rotatable bonds is 2. The molecule has 0 saturated carbocycles. The highest BCUT2D eigenvalue weighted by Gasteiger charge is 2.23. The van der Waals surface area contributed by atoms with Gasteiger partial charge in [-0.15, -0.1) is 0 Å². The largest absolute Gasteiger partial charge is 0.337 e. The second-order valence-corrected chi connectivity index (χ2v) is 5.43. The molecule has 2 heterocycles. The van der Waals surface area contributed by atoms with Crippen LogP contribution in [0.1, 0.15) is 32.4 Å². The first-order valence-electron chi connectivity index (χ1n) is 5.89. The Hall–Kier alpha value is -1.14. The molecule has 0 spiro atoms. The maximum atomic E-state index is 12.2. The standard InChI is InChI=1S/C12H17BrN4O/c1-6(2)17-10-8(5-9(13)11(17)18)7(3)15-12(14-4)16-10/h5-6,12,14,16H,1-4H3. The van der Waals surface area contributed by atoms with Crippen molar-refractivity contribution in [2.24, 2.45) is 4.99 Å². The van der Waals surface area contributed by atoms with Crippen molar-refractivity contribution in [3.63, 3.8) is 0 Å². The molecule has 2 rings (SSSR count). The number of fused-ring (bicyclic) bond motifs is 1. The summed E-state index contributed by atoms with van der Waals surface area (Å²) in [7, 11) is 1.83. The lowest BCUT2D eigenvalue weighted by Crippen LogP contribution is -2.39. The van der Waals surface area contributed by atoms with Gasteiger partial charge in [0.2, 0.25) is 0 Å². The number of halogens is 1. The third-order valence-electron chi connectivity index (χ3n) is 2.97. The van der Waals surface area contributed by atoms with Crippen molar-refractivity contribution in [3.05, 3.63) is 26.5 Å². The maximum absolute atomic E-state index is 12.2. The lowest BCUT2D eigenvalue weighted by atomic mass is 10.1. The van der Waals surface area contributed by atoms with E-state index >= 15 is 0 Å². The Morgan fingerprint density at radius 1 is 1.56 bits per heavy atom. The molecule has 0 bridgehead atoms. The van der Waals surface area contributed by atoms with E-state index in [1.54, 1.807) is 4.57 Å². The fourth-order valence-corrected chi connectivity index (χ4v) is 2.50. The molecule has 18 heavy (non-hydrogen) atoms. The van der Waals surface area contributed by atoms with Crippen molar-refractivity contribution >= 4 is 27.5 Å². The van der Waals surface area contributed by atoms with Crippen molar-refractivity contribution < 1.29 is 0 Å².